The van der Waals surface area contributed by atoms with Gasteiger partial charge in [-0.3, -0.25) is 0 Å². The molecule has 0 spiro atoms. The Hall–Kier alpha value is -1.46. The number of benzene rings is 1. The van der Waals surface area contributed by atoms with Gasteiger partial charge in [-0.15, -0.1) is 0 Å². The van der Waals surface area contributed by atoms with E-state index in [9.17, 15) is 0 Å². The van der Waals surface area contributed by atoms with Crippen LogP contribution in [0.3, 0.4) is 0 Å². The Balaban J connectivity index is 2.18. The van der Waals surface area contributed by atoms with Gasteiger partial charge < -0.3 is 14.6 Å². The minimum atomic E-state index is 0.331. The van der Waals surface area contributed by atoms with Gasteiger partial charge in [0.2, 0.25) is 0 Å². The molecule has 4 nitrogen and oxygen atoms in total. The van der Waals surface area contributed by atoms with Crippen LogP contribution in [-0.4, -0.2) is 23.7 Å². The first kappa shape index (κ1) is 14.9. The van der Waals surface area contributed by atoms with Gasteiger partial charge in [0.25, 0.3) is 0 Å². The van der Waals surface area contributed by atoms with Crippen molar-refractivity contribution in [3.05, 3.63) is 41.7 Å². The second kappa shape index (κ2) is 6.81. The number of aryl methyl sites for hydroxylation is 1. The van der Waals surface area contributed by atoms with Crippen molar-refractivity contribution in [1.29, 1.82) is 0 Å². The summed E-state index contributed by atoms with van der Waals surface area (Å²) in [5, 5.41) is 4.27. The molecule has 1 aromatic carbocycles. The number of thioether (sulfide) groups is 1. The van der Waals surface area contributed by atoms with Crippen LogP contribution in [-0.2, 0) is 12.8 Å². The number of nitrogens with one attached hydrogen (secondary N) is 1. The predicted molar refractivity (Wildman–Crippen MR) is 83.2 cm³/mol. The fraction of sp³-hybridized carbons (Fsp3) is 0.400. The molecule has 20 heavy (non-hydrogen) atoms. The third-order valence-corrected chi connectivity index (χ3v) is 4.48. The average molecular weight is 291 g/mol. The largest absolute Gasteiger partial charge is 0.496 e. The molecule has 2 aromatic rings. The normalized spacial score (nSPS) is 12.4. The summed E-state index contributed by atoms with van der Waals surface area (Å²) in [7, 11) is 5.69. The Morgan fingerprint density at radius 2 is 2.25 bits per heavy atom. The van der Waals surface area contributed by atoms with Crippen molar-refractivity contribution < 1.29 is 4.74 Å². The summed E-state index contributed by atoms with van der Waals surface area (Å²) in [5.74, 6) is 1.77. The van der Waals surface area contributed by atoms with E-state index in [1.807, 2.05) is 37.1 Å². The van der Waals surface area contributed by atoms with Crippen LogP contribution in [0.5, 0.6) is 5.75 Å². The number of hydrogen-bond donors (Lipinski definition) is 1. The van der Waals surface area contributed by atoms with Gasteiger partial charge in [0.05, 0.1) is 7.11 Å². The molecule has 0 saturated carbocycles. The highest BCUT2D eigenvalue weighted by Crippen LogP contribution is 2.29. The summed E-state index contributed by atoms with van der Waals surface area (Å²) in [6, 6.07) is 6.68. The summed E-state index contributed by atoms with van der Waals surface area (Å²) in [6.07, 6.45) is 3.78. The van der Waals surface area contributed by atoms with Crippen LogP contribution >= 0.6 is 11.8 Å². The lowest BCUT2D eigenvalue weighted by molar-refractivity contribution is 0.411. The minimum Gasteiger partial charge on any atom is -0.496 e. The summed E-state index contributed by atoms with van der Waals surface area (Å²) in [6.45, 7) is 2.15. The fourth-order valence-corrected chi connectivity index (χ4v) is 2.89. The van der Waals surface area contributed by atoms with E-state index in [2.05, 4.69) is 29.4 Å². The van der Waals surface area contributed by atoms with Crippen molar-refractivity contribution in [2.24, 2.45) is 7.05 Å². The first-order valence-electron chi connectivity index (χ1n) is 6.60. The number of nitrogens with zero attached hydrogens (tertiary/aromatic N) is 2. The molecule has 1 heterocycles. The maximum atomic E-state index is 5.45. The van der Waals surface area contributed by atoms with Gasteiger partial charge in [-0.1, -0.05) is 17.8 Å². The number of aromatic nitrogens is 2. The van der Waals surface area contributed by atoms with Gasteiger partial charge in [0, 0.05) is 36.8 Å². The molecule has 0 amide bonds. The number of methoxy groups -OCH3 is 1. The van der Waals surface area contributed by atoms with E-state index in [0.717, 1.165) is 16.7 Å². The Bertz CT molecular complexity index is 568. The van der Waals surface area contributed by atoms with E-state index in [1.54, 1.807) is 18.9 Å². The monoisotopic (exact) mass is 291 g/mol. The molecule has 2 rings (SSSR count). The molecule has 0 aliphatic heterocycles. The molecule has 1 unspecified atom stereocenters. The molecule has 5 heteroatoms. The highest BCUT2D eigenvalue weighted by atomic mass is 32.2. The standard InChI is InChI=1S/C15H21N3OS/c1-11(16-2)12-5-6-14(19-4)13(9-12)10-20-15-17-7-8-18(15)3/h5-9,11,16H,10H2,1-4H3. The highest BCUT2D eigenvalue weighted by molar-refractivity contribution is 7.98. The molecule has 0 fully saturated rings. The molecule has 1 N–H and O–H groups in total. The van der Waals surface area contributed by atoms with Crippen LogP contribution in [0, 0.1) is 0 Å². The Morgan fingerprint density at radius 1 is 1.45 bits per heavy atom. The van der Waals surface area contributed by atoms with Gasteiger partial charge in [-0.05, 0) is 31.7 Å². The Kier molecular flexibility index (Phi) is 5.09. The lowest BCUT2D eigenvalue weighted by Crippen LogP contribution is -2.12. The number of imidazole rings is 1. The minimum absolute atomic E-state index is 0.331. The molecule has 0 aliphatic rings. The van der Waals surface area contributed by atoms with Crippen LogP contribution in [0.4, 0.5) is 0 Å². The zero-order valence-electron chi connectivity index (χ0n) is 12.4. The quantitative estimate of drug-likeness (QED) is 0.831. The van der Waals surface area contributed by atoms with Gasteiger partial charge in [-0.2, -0.15) is 0 Å². The molecule has 0 aliphatic carbocycles. The number of rotatable bonds is 6. The van der Waals surface area contributed by atoms with E-state index in [-0.39, 0.29) is 0 Å². The van der Waals surface area contributed by atoms with Crippen molar-refractivity contribution in [2.45, 2.75) is 23.9 Å². The third kappa shape index (κ3) is 3.35. The van der Waals surface area contributed by atoms with Crippen LogP contribution in [0.1, 0.15) is 24.1 Å². The van der Waals surface area contributed by atoms with Crippen molar-refractivity contribution >= 4 is 11.8 Å². The molecule has 0 saturated heterocycles. The summed E-state index contributed by atoms with van der Waals surface area (Å²) in [4.78, 5) is 4.33. The van der Waals surface area contributed by atoms with E-state index in [1.165, 1.54) is 11.1 Å². The molecule has 1 atom stereocenters. The van der Waals surface area contributed by atoms with Crippen LogP contribution < -0.4 is 10.1 Å². The van der Waals surface area contributed by atoms with E-state index in [0.29, 0.717) is 6.04 Å². The van der Waals surface area contributed by atoms with Crippen molar-refractivity contribution in [3.8, 4) is 5.75 Å². The first-order chi connectivity index (χ1) is 9.65. The van der Waals surface area contributed by atoms with Crippen molar-refractivity contribution in [2.75, 3.05) is 14.2 Å². The highest BCUT2D eigenvalue weighted by Gasteiger charge is 2.10. The number of ether oxygens (including phenoxy) is 1. The molecule has 0 radical (unpaired) electrons. The smallest absolute Gasteiger partial charge is 0.167 e. The summed E-state index contributed by atoms with van der Waals surface area (Å²) < 4.78 is 7.48. The van der Waals surface area contributed by atoms with Crippen LogP contribution in [0.25, 0.3) is 0 Å². The Morgan fingerprint density at radius 3 is 2.85 bits per heavy atom. The second-order valence-corrected chi connectivity index (χ2v) is 5.63. The van der Waals surface area contributed by atoms with Gasteiger partial charge in [0.15, 0.2) is 5.16 Å². The van der Waals surface area contributed by atoms with E-state index in [4.69, 9.17) is 4.74 Å². The maximum Gasteiger partial charge on any atom is 0.167 e. The van der Waals surface area contributed by atoms with Gasteiger partial charge in [0.1, 0.15) is 5.75 Å². The predicted octanol–water partition coefficient (Wildman–Crippen LogP) is 3.00. The Labute approximate surface area is 124 Å². The van der Waals surface area contributed by atoms with Crippen LogP contribution in [0.2, 0.25) is 0 Å². The SMILES string of the molecule is CNC(C)c1ccc(OC)c(CSc2nccn2C)c1. The molecular formula is C15H21N3OS. The van der Waals surface area contributed by atoms with E-state index < -0.39 is 0 Å². The molecular weight excluding hydrogens is 270 g/mol. The molecule has 108 valence electrons. The first-order valence-corrected chi connectivity index (χ1v) is 7.58. The van der Waals surface area contributed by atoms with Crippen LogP contribution in [0.15, 0.2) is 35.7 Å². The summed E-state index contributed by atoms with van der Waals surface area (Å²) in [5.41, 5.74) is 2.46. The second-order valence-electron chi connectivity index (χ2n) is 4.69. The average Bonchev–Trinajstić information content (AvgIpc) is 2.89. The topological polar surface area (TPSA) is 39.1 Å². The van der Waals surface area contributed by atoms with Gasteiger partial charge >= 0.3 is 0 Å². The van der Waals surface area contributed by atoms with Crippen molar-refractivity contribution in [3.63, 3.8) is 0 Å². The van der Waals surface area contributed by atoms with Gasteiger partial charge in [-0.25, -0.2) is 4.98 Å². The zero-order chi connectivity index (χ0) is 14.5. The lowest BCUT2D eigenvalue weighted by atomic mass is 10.1. The van der Waals surface area contributed by atoms with Crippen molar-refractivity contribution in [1.82, 2.24) is 14.9 Å². The fourth-order valence-electron chi connectivity index (χ4n) is 1.98. The number of hydrogen-bond acceptors (Lipinski definition) is 4. The maximum absolute atomic E-state index is 5.45. The summed E-state index contributed by atoms with van der Waals surface area (Å²) >= 11 is 1.72. The third-order valence-electron chi connectivity index (χ3n) is 3.37. The molecule has 1 aromatic heterocycles. The van der Waals surface area contributed by atoms with E-state index >= 15 is 0 Å². The molecule has 0 bridgehead atoms. The lowest BCUT2D eigenvalue weighted by Gasteiger charge is -2.14. The zero-order valence-corrected chi connectivity index (χ0v) is 13.2.